The van der Waals surface area contributed by atoms with Gasteiger partial charge in [-0.3, -0.25) is 9.59 Å². The average Bonchev–Trinajstić information content (AvgIpc) is 3.00. The Bertz CT molecular complexity index is 508. The van der Waals surface area contributed by atoms with Crippen LogP contribution in [0.25, 0.3) is 0 Å². The molecule has 1 aliphatic heterocycles. The molecule has 0 aromatic heterocycles. The van der Waals surface area contributed by atoms with E-state index in [0.717, 1.165) is 0 Å². The van der Waals surface area contributed by atoms with E-state index in [1.54, 1.807) is 0 Å². The van der Waals surface area contributed by atoms with Crippen molar-refractivity contribution in [2.45, 2.75) is 25.8 Å². The van der Waals surface area contributed by atoms with Crippen molar-refractivity contribution >= 4 is 39.5 Å². The van der Waals surface area contributed by atoms with Crippen molar-refractivity contribution in [3.8, 4) is 0 Å². The molecule has 1 atom stereocenters. The van der Waals surface area contributed by atoms with E-state index in [1.807, 2.05) is 0 Å². The molecule has 1 aliphatic rings. The molecule has 11 nitrogen and oxygen atoms in total. The second-order valence-corrected chi connectivity index (χ2v) is 7.59. The molecule has 25 heavy (non-hydrogen) atoms. The number of nitrogens with zero attached hydrogens (tertiary/aromatic N) is 3. The summed E-state index contributed by atoms with van der Waals surface area (Å²) in [5.41, 5.74) is 0. The van der Waals surface area contributed by atoms with E-state index >= 15 is 0 Å². The Morgan fingerprint density at radius 1 is 1.40 bits per heavy atom. The summed E-state index contributed by atoms with van der Waals surface area (Å²) in [6, 6.07) is -0.820. The van der Waals surface area contributed by atoms with Gasteiger partial charge in [0, 0.05) is 24.5 Å². The second-order valence-electron chi connectivity index (χ2n) is 4.89. The van der Waals surface area contributed by atoms with Crippen LogP contribution in [-0.2, 0) is 19.2 Å². The van der Waals surface area contributed by atoms with Gasteiger partial charge in [-0.2, -0.15) is 5.01 Å². The lowest BCUT2D eigenvalue weighted by Crippen LogP contribution is -2.52. The topological polar surface area (TPSA) is 145 Å². The first-order valence-corrected chi connectivity index (χ1v) is 9.90. The lowest BCUT2D eigenvalue weighted by atomic mass is 10.2. The minimum atomic E-state index is -0.995. The number of amides is 3. The van der Waals surface area contributed by atoms with Gasteiger partial charge in [0.2, 0.25) is 5.91 Å². The third-order valence-electron chi connectivity index (χ3n) is 3.21. The average molecular weight is 396 g/mol. The van der Waals surface area contributed by atoms with Gasteiger partial charge < -0.3 is 14.5 Å². The van der Waals surface area contributed by atoms with Crippen LogP contribution in [0, 0.1) is 10.1 Å². The quantitative estimate of drug-likeness (QED) is 0.138. The number of hydrogen-bond acceptors (Lipinski definition) is 10. The molecular weight excluding hydrogens is 376 g/mol. The van der Waals surface area contributed by atoms with Gasteiger partial charge in [-0.15, -0.1) is 10.1 Å². The molecule has 0 aromatic rings. The zero-order valence-electron chi connectivity index (χ0n) is 13.6. The van der Waals surface area contributed by atoms with Gasteiger partial charge in [0.1, 0.15) is 19.3 Å². The van der Waals surface area contributed by atoms with E-state index in [9.17, 15) is 24.5 Å². The van der Waals surface area contributed by atoms with E-state index < -0.39 is 23.1 Å². The second kappa shape index (κ2) is 11.0. The van der Waals surface area contributed by atoms with Gasteiger partial charge in [-0.25, -0.2) is 10.6 Å². The summed E-state index contributed by atoms with van der Waals surface area (Å²) in [5.74, 6) is 5.43. The molecule has 0 radical (unpaired) electrons. The molecule has 0 bridgehead atoms. The minimum Gasteiger partial charge on any atom is -0.447 e. The molecule has 142 valence electrons. The summed E-state index contributed by atoms with van der Waals surface area (Å²) in [4.78, 5) is 50.9. The van der Waals surface area contributed by atoms with Gasteiger partial charge in [0.15, 0.2) is 0 Å². The molecule has 0 unspecified atom stereocenters. The van der Waals surface area contributed by atoms with E-state index in [4.69, 9.17) is 10.6 Å². The Balaban J connectivity index is 2.19. The lowest BCUT2D eigenvalue weighted by molar-refractivity contribution is -0.756. The van der Waals surface area contributed by atoms with E-state index in [-0.39, 0.29) is 19.1 Å². The number of likely N-dealkylation sites (tertiary alicyclic amines) is 1. The predicted octanol–water partition coefficient (Wildman–Crippen LogP) is 0.426. The highest BCUT2D eigenvalue weighted by Crippen LogP contribution is 2.20. The summed E-state index contributed by atoms with van der Waals surface area (Å²) in [5, 5.41) is 9.43. The lowest BCUT2D eigenvalue weighted by Gasteiger charge is -2.26. The van der Waals surface area contributed by atoms with Crippen LogP contribution in [0.5, 0.6) is 0 Å². The maximum atomic E-state index is 12.1. The Morgan fingerprint density at radius 2 is 2.04 bits per heavy atom. The summed E-state index contributed by atoms with van der Waals surface area (Å²) in [7, 11) is 2.66. The summed E-state index contributed by atoms with van der Waals surface area (Å²) >= 11 is 0. The number of nitrogens with two attached hydrogens (primary N) is 1. The summed E-state index contributed by atoms with van der Waals surface area (Å²) < 4.78 is 4.87. The maximum absolute atomic E-state index is 12.1. The van der Waals surface area contributed by atoms with Crippen molar-refractivity contribution in [2.24, 2.45) is 5.84 Å². The number of ether oxygens (including phenoxy) is 1. The number of carbonyl (C=O) groups excluding carboxylic acids is 3. The van der Waals surface area contributed by atoms with E-state index in [1.165, 1.54) is 33.4 Å². The summed E-state index contributed by atoms with van der Waals surface area (Å²) in [6.07, 6.45) is 0.0622. The van der Waals surface area contributed by atoms with Crippen LogP contribution < -0.4 is 5.84 Å². The maximum Gasteiger partial charge on any atom is 0.431 e. The van der Waals surface area contributed by atoms with Crippen molar-refractivity contribution in [3.05, 3.63) is 10.1 Å². The van der Waals surface area contributed by atoms with Crippen LogP contribution in [0.4, 0.5) is 4.79 Å². The molecule has 2 N–H and O–H groups in total. The molecule has 0 saturated carbocycles. The van der Waals surface area contributed by atoms with Gasteiger partial charge in [0.25, 0.3) is 11.0 Å². The number of carbonyl (C=O) groups is 3. The highest BCUT2D eigenvalue weighted by Gasteiger charge is 2.33. The van der Waals surface area contributed by atoms with Crippen LogP contribution in [0.3, 0.4) is 0 Å². The van der Waals surface area contributed by atoms with E-state index in [0.29, 0.717) is 35.9 Å². The Hall–Kier alpha value is -1.73. The van der Waals surface area contributed by atoms with Gasteiger partial charge >= 0.3 is 6.09 Å². The van der Waals surface area contributed by atoms with Gasteiger partial charge in [0.05, 0.1) is 0 Å². The highest BCUT2D eigenvalue weighted by atomic mass is 33.1. The van der Waals surface area contributed by atoms with Crippen molar-refractivity contribution in [3.63, 3.8) is 0 Å². The van der Waals surface area contributed by atoms with Crippen LogP contribution >= 0.6 is 21.6 Å². The molecule has 0 aliphatic carbocycles. The Kier molecular flexibility index (Phi) is 9.37. The fraction of sp³-hybridized carbons (Fsp3) is 0.750. The normalized spacial score (nSPS) is 15.0. The van der Waals surface area contributed by atoms with Gasteiger partial charge in [-0.05, 0) is 13.3 Å². The van der Waals surface area contributed by atoms with Crippen LogP contribution in [-0.4, -0.2) is 70.2 Å². The summed E-state index contributed by atoms with van der Waals surface area (Å²) in [6.45, 7) is 1.97. The minimum absolute atomic E-state index is 0.0185. The third-order valence-corrected chi connectivity index (χ3v) is 5.54. The Labute approximate surface area is 152 Å². The zero-order valence-corrected chi connectivity index (χ0v) is 15.3. The smallest absolute Gasteiger partial charge is 0.431 e. The monoisotopic (exact) mass is 396 g/mol. The molecule has 1 rings (SSSR count). The van der Waals surface area contributed by atoms with Gasteiger partial charge in [-0.1, -0.05) is 21.6 Å². The molecule has 0 aromatic carbocycles. The zero-order chi connectivity index (χ0) is 18.8. The number of rotatable bonds is 10. The van der Waals surface area contributed by atoms with Crippen LogP contribution in [0.1, 0.15) is 19.8 Å². The fourth-order valence-electron chi connectivity index (χ4n) is 2.00. The molecule has 0 spiro atoms. The molecule has 3 amide bonds. The van der Waals surface area contributed by atoms with Crippen LogP contribution in [0.15, 0.2) is 0 Å². The first-order valence-electron chi connectivity index (χ1n) is 7.41. The number of hydrogen-bond donors (Lipinski definition) is 1. The number of imide groups is 1. The SMILES string of the molecule is C[C@@H](C(=O)N(N)C(=O)OCCSSCCO[N+](=O)[O-])N1CCCC1=O. The predicted molar refractivity (Wildman–Crippen MR) is 90.7 cm³/mol. The van der Waals surface area contributed by atoms with Crippen molar-refractivity contribution < 1.29 is 29.0 Å². The van der Waals surface area contributed by atoms with Crippen LogP contribution in [0.2, 0.25) is 0 Å². The molecule has 13 heteroatoms. The van der Waals surface area contributed by atoms with Crippen molar-refractivity contribution in [2.75, 3.05) is 31.3 Å². The number of hydrazine groups is 1. The highest BCUT2D eigenvalue weighted by molar-refractivity contribution is 8.76. The molecule has 1 fully saturated rings. The standard InChI is InChI=1S/C12H20N4O7S2/c1-9(14-4-2-3-10(14)17)11(18)15(13)12(19)22-5-7-24-25-8-6-23-16(20)21/h9H,2-8,13H2,1H3/t9-/m0/s1. The third kappa shape index (κ3) is 7.36. The first-order chi connectivity index (χ1) is 11.8. The Morgan fingerprint density at radius 3 is 2.60 bits per heavy atom. The molecular formula is C12H20N4O7S2. The fourth-order valence-corrected chi connectivity index (χ4v) is 3.64. The molecule has 1 saturated heterocycles. The molecule has 1 heterocycles. The van der Waals surface area contributed by atoms with E-state index in [2.05, 4.69) is 4.84 Å². The first kappa shape index (κ1) is 21.3. The van der Waals surface area contributed by atoms with Crippen molar-refractivity contribution in [1.29, 1.82) is 0 Å². The largest absolute Gasteiger partial charge is 0.447 e. The van der Waals surface area contributed by atoms with Crippen molar-refractivity contribution in [1.82, 2.24) is 9.91 Å².